The number of nitrogens with zero attached hydrogens (tertiary/aromatic N) is 3. The fraction of sp³-hybridized carbons (Fsp3) is 0.207. The van der Waals surface area contributed by atoms with Crippen LogP contribution in [0, 0.1) is 19.7 Å². The number of esters is 1. The van der Waals surface area contributed by atoms with Crippen molar-refractivity contribution < 1.29 is 27.1 Å². The minimum absolute atomic E-state index is 0.0602. The molecule has 13 heteroatoms. The van der Waals surface area contributed by atoms with Gasteiger partial charge in [0, 0.05) is 22.1 Å². The quantitative estimate of drug-likeness (QED) is 0.194. The highest BCUT2D eigenvalue weighted by molar-refractivity contribution is 7.07. The number of carbonyl (C=O) groups excluding carboxylic acids is 1. The summed E-state index contributed by atoms with van der Waals surface area (Å²) in [5.74, 6) is -1.80. The fourth-order valence-corrected chi connectivity index (χ4v) is 6.19. The predicted octanol–water partition coefficient (Wildman–Crippen LogP) is 6.19. The molecule has 4 aromatic rings. The number of aryl methyl sites for hydroxylation is 1. The molecular formula is C29H21Cl2F4N3O3S. The van der Waals surface area contributed by atoms with Crippen molar-refractivity contribution in [2.24, 2.45) is 4.99 Å². The molecule has 0 fully saturated rings. The van der Waals surface area contributed by atoms with Crippen LogP contribution >= 0.6 is 34.5 Å². The van der Waals surface area contributed by atoms with Crippen LogP contribution in [0.2, 0.25) is 10.0 Å². The average molecular weight is 638 g/mol. The molecule has 0 spiro atoms. The number of rotatable bonds is 5. The maximum Gasteiger partial charge on any atom is 0.434 e. The molecule has 0 saturated heterocycles. The number of alkyl halides is 3. The zero-order valence-corrected chi connectivity index (χ0v) is 24.6. The Morgan fingerprint density at radius 2 is 1.81 bits per heavy atom. The Hall–Kier alpha value is -3.67. The zero-order chi connectivity index (χ0) is 30.5. The summed E-state index contributed by atoms with van der Waals surface area (Å²) in [4.78, 5) is 30.3. The normalized spacial score (nSPS) is 15.5. The number of halogens is 6. The van der Waals surface area contributed by atoms with E-state index in [-0.39, 0.29) is 26.5 Å². The largest absolute Gasteiger partial charge is 0.463 e. The second-order valence-electron chi connectivity index (χ2n) is 9.38. The molecule has 0 unspecified atom stereocenters. The van der Waals surface area contributed by atoms with E-state index in [1.54, 1.807) is 25.1 Å². The van der Waals surface area contributed by atoms with Crippen LogP contribution in [-0.2, 0) is 9.53 Å². The smallest absolute Gasteiger partial charge is 0.434 e. The van der Waals surface area contributed by atoms with Gasteiger partial charge in [-0.2, -0.15) is 13.2 Å². The summed E-state index contributed by atoms with van der Waals surface area (Å²) in [6.45, 7) is 4.88. The van der Waals surface area contributed by atoms with Gasteiger partial charge in [0.25, 0.3) is 5.56 Å². The van der Waals surface area contributed by atoms with E-state index in [1.165, 1.54) is 43.3 Å². The minimum Gasteiger partial charge on any atom is -0.463 e. The van der Waals surface area contributed by atoms with Gasteiger partial charge < -0.3 is 9.30 Å². The second-order valence-corrected chi connectivity index (χ2v) is 11.2. The van der Waals surface area contributed by atoms with Crippen molar-refractivity contribution in [1.29, 1.82) is 0 Å². The van der Waals surface area contributed by atoms with Gasteiger partial charge in [0.05, 0.1) is 27.8 Å². The Kier molecular flexibility index (Phi) is 7.95. The third kappa shape index (κ3) is 5.32. The highest BCUT2D eigenvalue weighted by atomic mass is 35.5. The van der Waals surface area contributed by atoms with Crippen LogP contribution in [-0.4, -0.2) is 27.9 Å². The van der Waals surface area contributed by atoms with Crippen molar-refractivity contribution in [3.05, 3.63) is 118 Å². The molecule has 1 atom stereocenters. The molecule has 0 aliphatic carbocycles. The summed E-state index contributed by atoms with van der Waals surface area (Å²) in [7, 11) is 0. The van der Waals surface area contributed by atoms with Gasteiger partial charge >= 0.3 is 12.1 Å². The van der Waals surface area contributed by atoms with E-state index in [4.69, 9.17) is 27.9 Å². The lowest BCUT2D eigenvalue weighted by molar-refractivity contribution is -0.140. The van der Waals surface area contributed by atoms with E-state index in [1.807, 2.05) is 11.5 Å². The predicted molar refractivity (Wildman–Crippen MR) is 152 cm³/mol. The van der Waals surface area contributed by atoms with Crippen molar-refractivity contribution >= 4 is 46.6 Å². The molecule has 0 amide bonds. The van der Waals surface area contributed by atoms with Crippen molar-refractivity contribution in [3.8, 4) is 5.69 Å². The number of hydrogen-bond donors (Lipinski definition) is 0. The van der Waals surface area contributed by atoms with Crippen LogP contribution < -0.4 is 14.9 Å². The summed E-state index contributed by atoms with van der Waals surface area (Å²) in [5.41, 5.74) is -0.0294. The van der Waals surface area contributed by atoms with E-state index >= 15 is 0 Å². The topological polar surface area (TPSA) is 65.6 Å². The number of fused-ring (bicyclic) bond motifs is 1. The minimum atomic E-state index is -5.01. The molecule has 42 heavy (non-hydrogen) atoms. The Labute approximate surface area is 250 Å². The van der Waals surface area contributed by atoms with Gasteiger partial charge in [0.1, 0.15) is 5.82 Å². The molecule has 1 aliphatic rings. The number of thiazole rings is 1. The Bertz CT molecular complexity index is 1940. The summed E-state index contributed by atoms with van der Waals surface area (Å²) in [6, 6.07) is 10.4. The Morgan fingerprint density at radius 1 is 1.12 bits per heavy atom. The van der Waals surface area contributed by atoms with Gasteiger partial charge in [-0.3, -0.25) is 9.36 Å². The summed E-state index contributed by atoms with van der Waals surface area (Å²) in [6.07, 6.45) is -3.46. The molecule has 218 valence electrons. The fourth-order valence-electron chi connectivity index (χ4n) is 4.90. The maximum absolute atomic E-state index is 14.3. The highest BCUT2D eigenvalue weighted by Gasteiger charge is 2.45. The summed E-state index contributed by atoms with van der Waals surface area (Å²) < 4.78 is 64.6. The van der Waals surface area contributed by atoms with Crippen LogP contribution in [0.5, 0.6) is 0 Å². The third-order valence-corrected chi connectivity index (χ3v) is 8.22. The maximum atomic E-state index is 14.3. The molecule has 3 heterocycles. The van der Waals surface area contributed by atoms with Gasteiger partial charge in [-0.05, 0) is 74.4 Å². The number of carbonyl (C=O) groups is 1. The van der Waals surface area contributed by atoms with E-state index in [2.05, 4.69) is 4.99 Å². The molecule has 0 bridgehead atoms. The first-order chi connectivity index (χ1) is 19.8. The van der Waals surface area contributed by atoms with Crippen molar-refractivity contribution in [2.75, 3.05) is 6.61 Å². The lowest BCUT2D eigenvalue weighted by atomic mass is 9.95. The molecule has 0 saturated carbocycles. The molecule has 6 nitrogen and oxygen atoms in total. The van der Waals surface area contributed by atoms with Crippen LogP contribution in [0.25, 0.3) is 11.8 Å². The van der Waals surface area contributed by atoms with E-state index in [0.29, 0.717) is 22.0 Å². The number of allylic oxidation sites excluding steroid dienone is 1. The first-order valence-electron chi connectivity index (χ1n) is 12.5. The second kappa shape index (κ2) is 11.2. The SMILES string of the molecule is CCOC(=O)C1=C(C(F)(F)F)N=c2s/c(=C/c3cc(C)n(-c4ccc(F)c(Cl)c4)c3C)c(=O)n2[C@@H]1c1ccc(Cl)cc1. The lowest BCUT2D eigenvalue weighted by Gasteiger charge is -2.26. The summed E-state index contributed by atoms with van der Waals surface area (Å²) in [5, 5.41) is 0.261. The number of hydrogen-bond acceptors (Lipinski definition) is 5. The van der Waals surface area contributed by atoms with Crippen LogP contribution in [0.3, 0.4) is 0 Å². The third-order valence-electron chi connectivity index (χ3n) is 6.70. The molecular weight excluding hydrogens is 617 g/mol. The molecule has 2 aromatic heterocycles. The lowest BCUT2D eigenvalue weighted by Crippen LogP contribution is -2.41. The first-order valence-corrected chi connectivity index (χ1v) is 14.1. The number of aromatic nitrogens is 2. The van der Waals surface area contributed by atoms with Crippen LogP contribution in [0.1, 0.15) is 35.5 Å². The molecule has 5 rings (SSSR count). The Balaban J connectivity index is 1.75. The summed E-state index contributed by atoms with van der Waals surface area (Å²) >= 11 is 12.8. The van der Waals surface area contributed by atoms with Crippen molar-refractivity contribution in [2.45, 2.75) is 33.0 Å². The van der Waals surface area contributed by atoms with Gasteiger partial charge in [-0.15, -0.1) is 0 Å². The van der Waals surface area contributed by atoms with Gasteiger partial charge in [0.2, 0.25) is 0 Å². The zero-order valence-electron chi connectivity index (χ0n) is 22.2. The standard InChI is InChI=1S/C29H21Cl2F4N3O3S/c1-4-41-27(40)23-24(16-5-7-18(30)8-6-16)38-26(39)22(42-28(38)36-25(23)29(33,34)35)12-17-11-14(2)37(15(17)3)19-9-10-21(32)20(31)13-19/h5-13,24H,4H2,1-3H3/b22-12+/t24-/m1/s1. The van der Waals surface area contributed by atoms with Crippen molar-refractivity contribution in [1.82, 2.24) is 9.13 Å². The van der Waals surface area contributed by atoms with Gasteiger partial charge in [-0.1, -0.05) is 46.7 Å². The van der Waals surface area contributed by atoms with Gasteiger partial charge in [-0.25, -0.2) is 14.2 Å². The molecule has 0 radical (unpaired) electrons. The van der Waals surface area contributed by atoms with E-state index in [9.17, 15) is 27.2 Å². The van der Waals surface area contributed by atoms with Crippen molar-refractivity contribution in [3.63, 3.8) is 0 Å². The van der Waals surface area contributed by atoms with Crippen LogP contribution in [0.4, 0.5) is 17.6 Å². The molecule has 2 aromatic carbocycles. The number of benzene rings is 2. The van der Waals surface area contributed by atoms with E-state index < -0.39 is 40.8 Å². The van der Waals surface area contributed by atoms with Gasteiger partial charge in [0.15, 0.2) is 10.5 Å². The average Bonchev–Trinajstić information content (AvgIpc) is 3.39. The highest BCUT2D eigenvalue weighted by Crippen LogP contribution is 2.38. The molecule has 0 N–H and O–H groups in total. The molecule has 1 aliphatic heterocycles. The monoisotopic (exact) mass is 637 g/mol. The van der Waals surface area contributed by atoms with E-state index in [0.717, 1.165) is 21.6 Å². The first kappa shape index (κ1) is 29.8. The van der Waals surface area contributed by atoms with Crippen LogP contribution in [0.15, 0.2) is 69.6 Å². The Morgan fingerprint density at radius 3 is 2.43 bits per heavy atom. The number of ether oxygens (including phenoxy) is 1.